The van der Waals surface area contributed by atoms with E-state index in [0.29, 0.717) is 12.1 Å². The average molecular weight is 291 g/mol. The van der Waals surface area contributed by atoms with Crippen LogP contribution in [0, 0.1) is 0 Å². The monoisotopic (exact) mass is 291 g/mol. The van der Waals surface area contributed by atoms with Crippen LogP contribution in [0.15, 0.2) is 24.3 Å². The van der Waals surface area contributed by atoms with Gasteiger partial charge in [-0.3, -0.25) is 0 Å². The van der Waals surface area contributed by atoms with Gasteiger partial charge >= 0.3 is 0 Å². The molecule has 0 unspecified atom stereocenters. The first-order chi connectivity index (χ1) is 8.63. The van der Waals surface area contributed by atoms with Gasteiger partial charge in [0.2, 0.25) is 0 Å². The lowest BCUT2D eigenvalue weighted by Crippen LogP contribution is -2.41. The van der Waals surface area contributed by atoms with Gasteiger partial charge in [0.25, 0.3) is 6.43 Å². The third-order valence-electron chi connectivity index (χ3n) is 3.09. The molecule has 1 aromatic rings. The van der Waals surface area contributed by atoms with E-state index < -0.39 is 21.0 Å². The summed E-state index contributed by atoms with van der Waals surface area (Å²) in [5.41, 5.74) is 0.684. The molecule has 1 N–H and O–H groups in total. The molecule has 0 aliphatic heterocycles. The molecular formula is C13H19F2NO2S. The molecule has 108 valence electrons. The second-order valence-corrected chi connectivity index (χ2v) is 7.83. The van der Waals surface area contributed by atoms with Crippen LogP contribution in [0.25, 0.3) is 0 Å². The number of halogens is 2. The molecular weight excluding hydrogens is 272 g/mol. The van der Waals surface area contributed by atoms with Gasteiger partial charge in [0.05, 0.1) is 4.75 Å². The van der Waals surface area contributed by atoms with Gasteiger partial charge in [0.15, 0.2) is 9.84 Å². The number of alkyl halides is 2. The zero-order valence-electron chi connectivity index (χ0n) is 11.3. The molecule has 3 nitrogen and oxygen atoms in total. The van der Waals surface area contributed by atoms with Crippen molar-refractivity contribution in [2.24, 2.45) is 0 Å². The Morgan fingerprint density at radius 2 is 1.95 bits per heavy atom. The lowest BCUT2D eigenvalue weighted by molar-refractivity contribution is 0.151. The van der Waals surface area contributed by atoms with Crippen LogP contribution < -0.4 is 5.32 Å². The number of hydrogen-bond acceptors (Lipinski definition) is 3. The molecule has 0 saturated carbocycles. The summed E-state index contributed by atoms with van der Waals surface area (Å²) in [4.78, 5) is 0. The minimum atomic E-state index is -3.16. The van der Waals surface area contributed by atoms with Gasteiger partial charge in [-0.15, -0.1) is 0 Å². The molecule has 0 aliphatic carbocycles. The van der Waals surface area contributed by atoms with Crippen molar-refractivity contribution in [2.45, 2.75) is 31.6 Å². The Morgan fingerprint density at radius 3 is 2.47 bits per heavy atom. The summed E-state index contributed by atoms with van der Waals surface area (Å²) < 4.78 is 47.1. The first-order valence-corrected chi connectivity index (χ1v) is 7.80. The van der Waals surface area contributed by atoms with Crippen LogP contribution in [0.2, 0.25) is 0 Å². The van der Waals surface area contributed by atoms with E-state index >= 15 is 0 Å². The number of sulfone groups is 1. The van der Waals surface area contributed by atoms with E-state index in [1.165, 1.54) is 18.4 Å². The first-order valence-electron chi connectivity index (χ1n) is 5.91. The molecule has 19 heavy (non-hydrogen) atoms. The Morgan fingerprint density at radius 1 is 1.32 bits per heavy atom. The Bertz CT molecular complexity index is 527. The zero-order chi connectivity index (χ0) is 14.7. The van der Waals surface area contributed by atoms with Crippen LogP contribution in [0.1, 0.15) is 31.4 Å². The van der Waals surface area contributed by atoms with E-state index in [2.05, 4.69) is 5.32 Å². The van der Waals surface area contributed by atoms with Crippen molar-refractivity contribution < 1.29 is 17.2 Å². The number of hydrogen-bond donors (Lipinski definition) is 1. The Balaban J connectivity index is 2.61. The van der Waals surface area contributed by atoms with Crippen molar-refractivity contribution in [1.82, 2.24) is 5.32 Å². The Labute approximate surface area is 112 Å². The van der Waals surface area contributed by atoms with Gasteiger partial charge in [-0.2, -0.15) is 0 Å². The molecule has 0 bridgehead atoms. The molecule has 0 radical (unpaired) electrons. The molecule has 0 atom stereocenters. The third kappa shape index (κ3) is 4.54. The van der Waals surface area contributed by atoms with Gasteiger partial charge in [-0.05, 0) is 25.5 Å². The topological polar surface area (TPSA) is 46.2 Å². The van der Waals surface area contributed by atoms with E-state index in [9.17, 15) is 17.2 Å². The highest BCUT2D eigenvalue weighted by Gasteiger charge is 2.29. The van der Waals surface area contributed by atoms with Crippen molar-refractivity contribution in [3.63, 3.8) is 0 Å². The van der Waals surface area contributed by atoms with Gasteiger partial charge in [-0.1, -0.05) is 18.2 Å². The highest BCUT2D eigenvalue weighted by Crippen LogP contribution is 2.19. The fourth-order valence-electron chi connectivity index (χ4n) is 1.48. The zero-order valence-corrected chi connectivity index (χ0v) is 12.1. The summed E-state index contributed by atoms with van der Waals surface area (Å²) in [6, 6.07) is 6.09. The first kappa shape index (κ1) is 16.0. The van der Waals surface area contributed by atoms with E-state index in [-0.39, 0.29) is 12.1 Å². The standard InChI is InChI=1S/C13H19F2NO2S/c1-13(2,19(3,17)18)9-16-8-10-5-4-6-11(7-10)12(14)15/h4-7,12,16H,8-9H2,1-3H3. The molecule has 6 heteroatoms. The van der Waals surface area contributed by atoms with Crippen molar-refractivity contribution in [3.8, 4) is 0 Å². The molecule has 0 aromatic heterocycles. The SMILES string of the molecule is CC(C)(CNCc1cccc(C(F)F)c1)S(C)(=O)=O. The summed E-state index contributed by atoms with van der Waals surface area (Å²) in [7, 11) is -3.16. The van der Waals surface area contributed by atoms with Crippen LogP contribution in [-0.4, -0.2) is 26.0 Å². The maximum absolute atomic E-state index is 12.5. The van der Waals surface area contributed by atoms with Crippen molar-refractivity contribution in [2.75, 3.05) is 12.8 Å². The molecule has 1 aromatic carbocycles. The predicted molar refractivity (Wildman–Crippen MR) is 72.0 cm³/mol. The maximum atomic E-state index is 12.5. The van der Waals surface area contributed by atoms with Crippen LogP contribution in [0.4, 0.5) is 8.78 Å². The smallest absolute Gasteiger partial charge is 0.263 e. The molecule has 0 saturated heterocycles. The molecule has 0 fully saturated rings. The molecule has 1 rings (SSSR count). The van der Waals surface area contributed by atoms with Crippen LogP contribution in [0.5, 0.6) is 0 Å². The predicted octanol–water partition coefficient (Wildman–Crippen LogP) is 2.54. The summed E-state index contributed by atoms with van der Waals surface area (Å²) in [6.07, 6.45) is -1.31. The average Bonchev–Trinajstić information content (AvgIpc) is 2.27. The minimum Gasteiger partial charge on any atom is -0.311 e. The van der Waals surface area contributed by atoms with Crippen LogP contribution >= 0.6 is 0 Å². The largest absolute Gasteiger partial charge is 0.311 e. The van der Waals surface area contributed by atoms with Gasteiger partial charge in [0, 0.05) is 24.9 Å². The van der Waals surface area contributed by atoms with Crippen molar-refractivity contribution in [3.05, 3.63) is 35.4 Å². The summed E-state index contributed by atoms with van der Waals surface area (Å²) in [5.74, 6) is 0. The Hall–Kier alpha value is -1.01. The number of benzene rings is 1. The highest BCUT2D eigenvalue weighted by molar-refractivity contribution is 7.92. The lowest BCUT2D eigenvalue weighted by atomic mass is 10.1. The fraction of sp³-hybridized carbons (Fsp3) is 0.538. The molecule has 0 heterocycles. The summed E-state index contributed by atoms with van der Waals surface area (Å²) in [5, 5.41) is 2.99. The van der Waals surface area contributed by atoms with Gasteiger partial charge in [0.1, 0.15) is 0 Å². The van der Waals surface area contributed by atoms with Crippen LogP contribution in [0.3, 0.4) is 0 Å². The van der Waals surface area contributed by atoms with Crippen molar-refractivity contribution in [1.29, 1.82) is 0 Å². The second-order valence-electron chi connectivity index (χ2n) is 5.18. The quantitative estimate of drug-likeness (QED) is 0.876. The van der Waals surface area contributed by atoms with Gasteiger partial charge in [-0.25, -0.2) is 17.2 Å². The van der Waals surface area contributed by atoms with E-state index in [1.807, 2.05) is 0 Å². The van der Waals surface area contributed by atoms with E-state index in [4.69, 9.17) is 0 Å². The summed E-state index contributed by atoms with van der Waals surface area (Å²) >= 11 is 0. The minimum absolute atomic E-state index is 0.0262. The molecule has 0 spiro atoms. The van der Waals surface area contributed by atoms with E-state index in [0.717, 1.165) is 0 Å². The number of nitrogens with one attached hydrogen (secondary N) is 1. The molecule has 0 aliphatic rings. The Kier molecular flexibility index (Phi) is 5.04. The number of rotatable bonds is 6. The lowest BCUT2D eigenvalue weighted by Gasteiger charge is -2.22. The third-order valence-corrected chi connectivity index (χ3v) is 5.24. The summed E-state index contributed by atoms with van der Waals surface area (Å²) in [6.45, 7) is 3.89. The van der Waals surface area contributed by atoms with E-state index in [1.54, 1.807) is 26.0 Å². The van der Waals surface area contributed by atoms with Gasteiger partial charge < -0.3 is 5.32 Å². The second kappa shape index (κ2) is 5.96. The maximum Gasteiger partial charge on any atom is 0.263 e. The molecule has 0 amide bonds. The normalized spacial score (nSPS) is 12.9. The highest BCUT2D eigenvalue weighted by atomic mass is 32.2. The van der Waals surface area contributed by atoms with Crippen LogP contribution in [-0.2, 0) is 16.4 Å². The van der Waals surface area contributed by atoms with Crippen molar-refractivity contribution >= 4 is 9.84 Å². The fourth-order valence-corrected chi connectivity index (χ4v) is 1.84.